The average Bonchev–Trinajstić information content (AvgIpc) is 2.96. The zero-order chi connectivity index (χ0) is 25.9. The van der Waals surface area contributed by atoms with E-state index >= 15 is 0 Å². The fourth-order valence-electron chi connectivity index (χ4n) is 4.11. The predicted octanol–water partition coefficient (Wildman–Crippen LogP) is 3.41. The van der Waals surface area contributed by atoms with Gasteiger partial charge in [-0.15, -0.1) is 0 Å². The van der Waals surface area contributed by atoms with Crippen molar-refractivity contribution in [3.05, 3.63) is 83.7 Å². The number of amides is 2. The van der Waals surface area contributed by atoms with Gasteiger partial charge in [0.1, 0.15) is 12.4 Å². The Balaban J connectivity index is 1.64. The zero-order valence-electron chi connectivity index (χ0n) is 19.7. The van der Waals surface area contributed by atoms with Crippen LogP contribution >= 0.6 is 0 Å². The molecule has 1 aliphatic rings. The summed E-state index contributed by atoms with van der Waals surface area (Å²) < 4.78 is 51.1. The number of benzene rings is 3. The monoisotopic (exact) mass is 512 g/mol. The van der Waals surface area contributed by atoms with E-state index in [0.717, 1.165) is 0 Å². The van der Waals surface area contributed by atoms with E-state index in [0.29, 0.717) is 22.6 Å². The van der Waals surface area contributed by atoms with Crippen LogP contribution in [0.25, 0.3) is 0 Å². The second kappa shape index (κ2) is 10.4. The first-order valence-electron chi connectivity index (χ1n) is 11.1. The summed E-state index contributed by atoms with van der Waals surface area (Å²) in [6, 6.07) is 16.5. The smallest absolute Gasteiger partial charge is 0.240 e. The molecule has 0 aromatic heterocycles. The van der Waals surface area contributed by atoms with E-state index in [4.69, 9.17) is 9.47 Å². The van der Waals surface area contributed by atoms with Gasteiger partial charge in [0.25, 0.3) is 0 Å². The molecule has 4 rings (SSSR count). The van der Waals surface area contributed by atoms with Crippen LogP contribution in [0.15, 0.2) is 71.6 Å². The molecular weight excluding hydrogens is 487 g/mol. The Morgan fingerprint density at radius 1 is 1.03 bits per heavy atom. The molecule has 1 heterocycles. The minimum absolute atomic E-state index is 0.0398. The molecule has 3 aromatic rings. The Bertz CT molecular complexity index is 1390. The zero-order valence-corrected chi connectivity index (χ0v) is 20.5. The molecule has 3 aromatic carbocycles. The van der Waals surface area contributed by atoms with E-state index in [-0.39, 0.29) is 35.9 Å². The Labute approximate surface area is 208 Å². The standard InChI is InChI=1S/C26H25FN2O6S/c1-34-21-12-9-18(13-22(21)35-2)24-14-26(31)29(20-5-3-4-6-23(20)36(24,32)33)16-25(30)28-15-17-7-10-19(27)11-8-17/h3-13,24H,14-16H2,1-2H3,(H,28,30). The first kappa shape index (κ1) is 25.2. The molecule has 1 N–H and O–H groups in total. The molecule has 0 fully saturated rings. The first-order valence-corrected chi connectivity index (χ1v) is 12.7. The number of ether oxygens (including phenoxy) is 2. The maximum Gasteiger partial charge on any atom is 0.240 e. The number of carbonyl (C=O) groups is 2. The van der Waals surface area contributed by atoms with Crippen LogP contribution in [0.4, 0.5) is 10.1 Å². The maximum atomic E-state index is 13.7. The lowest BCUT2D eigenvalue weighted by atomic mass is 10.1. The lowest BCUT2D eigenvalue weighted by molar-refractivity contribution is -0.124. The van der Waals surface area contributed by atoms with Gasteiger partial charge in [0, 0.05) is 13.0 Å². The van der Waals surface area contributed by atoms with E-state index in [1.165, 1.54) is 43.4 Å². The number of hydrogen-bond acceptors (Lipinski definition) is 6. The van der Waals surface area contributed by atoms with Gasteiger partial charge in [-0.25, -0.2) is 12.8 Å². The Kier molecular flexibility index (Phi) is 7.25. The molecule has 0 saturated carbocycles. The van der Waals surface area contributed by atoms with Gasteiger partial charge in [-0.1, -0.05) is 30.3 Å². The van der Waals surface area contributed by atoms with Gasteiger partial charge in [0.2, 0.25) is 11.8 Å². The molecular formula is C26H25FN2O6S. The number of sulfone groups is 1. The molecule has 188 valence electrons. The lowest BCUT2D eigenvalue weighted by Gasteiger charge is -2.22. The maximum absolute atomic E-state index is 13.7. The van der Waals surface area contributed by atoms with Crippen LogP contribution in [0, 0.1) is 5.82 Å². The highest BCUT2D eigenvalue weighted by Gasteiger charge is 2.40. The quantitative estimate of drug-likeness (QED) is 0.521. The second-order valence-electron chi connectivity index (χ2n) is 8.20. The second-order valence-corrected chi connectivity index (χ2v) is 10.3. The molecule has 0 bridgehead atoms. The largest absolute Gasteiger partial charge is 0.493 e. The summed E-state index contributed by atoms with van der Waals surface area (Å²) in [6.45, 7) is -0.236. The average molecular weight is 513 g/mol. The summed E-state index contributed by atoms with van der Waals surface area (Å²) in [4.78, 5) is 27.2. The summed E-state index contributed by atoms with van der Waals surface area (Å²) >= 11 is 0. The minimum atomic E-state index is -4.00. The molecule has 0 saturated heterocycles. The number of hydrogen-bond donors (Lipinski definition) is 1. The van der Waals surface area contributed by atoms with Crippen LogP contribution in [0.2, 0.25) is 0 Å². The summed E-state index contributed by atoms with van der Waals surface area (Å²) in [5.41, 5.74) is 1.20. The van der Waals surface area contributed by atoms with Crippen LogP contribution in [0.1, 0.15) is 22.8 Å². The first-order chi connectivity index (χ1) is 17.2. The molecule has 1 aliphatic heterocycles. The van der Waals surface area contributed by atoms with Crippen molar-refractivity contribution in [3.63, 3.8) is 0 Å². The van der Waals surface area contributed by atoms with Crippen molar-refractivity contribution in [1.29, 1.82) is 0 Å². The van der Waals surface area contributed by atoms with E-state index in [9.17, 15) is 22.4 Å². The normalized spacial score (nSPS) is 16.6. The van der Waals surface area contributed by atoms with Crippen molar-refractivity contribution in [2.24, 2.45) is 0 Å². The number of halogens is 1. The third kappa shape index (κ3) is 5.03. The molecule has 1 unspecified atom stereocenters. The molecule has 36 heavy (non-hydrogen) atoms. The van der Waals surface area contributed by atoms with E-state index in [1.807, 2.05) is 0 Å². The van der Waals surface area contributed by atoms with E-state index in [2.05, 4.69) is 5.32 Å². The molecule has 0 spiro atoms. The number of carbonyl (C=O) groups excluding carboxylic acids is 2. The highest BCUT2D eigenvalue weighted by molar-refractivity contribution is 7.92. The molecule has 0 aliphatic carbocycles. The molecule has 1 atom stereocenters. The van der Waals surface area contributed by atoms with E-state index < -0.39 is 26.9 Å². The Hall–Kier alpha value is -3.92. The summed E-state index contributed by atoms with van der Waals surface area (Å²) in [5.74, 6) is -0.613. The van der Waals surface area contributed by atoms with Crippen molar-refractivity contribution in [3.8, 4) is 11.5 Å². The van der Waals surface area contributed by atoms with Crippen molar-refractivity contribution in [2.75, 3.05) is 25.7 Å². The van der Waals surface area contributed by atoms with Crippen molar-refractivity contribution in [1.82, 2.24) is 5.32 Å². The summed E-state index contributed by atoms with van der Waals surface area (Å²) in [6.07, 6.45) is -0.363. The third-order valence-corrected chi connectivity index (χ3v) is 8.13. The fourth-order valence-corrected chi connectivity index (χ4v) is 6.02. The molecule has 0 radical (unpaired) electrons. The van der Waals surface area contributed by atoms with E-state index in [1.54, 1.807) is 42.5 Å². The van der Waals surface area contributed by atoms with Gasteiger partial charge in [-0.2, -0.15) is 0 Å². The van der Waals surface area contributed by atoms with Gasteiger partial charge in [-0.05, 0) is 47.5 Å². The number of fused-ring (bicyclic) bond motifs is 1. The van der Waals surface area contributed by atoms with Crippen LogP contribution in [0.3, 0.4) is 0 Å². The topological polar surface area (TPSA) is 102 Å². The van der Waals surface area contributed by atoms with Gasteiger partial charge < -0.3 is 19.7 Å². The number of nitrogens with one attached hydrogen (secondary N) is 1. The number of nitrogens with zero attached hydrogens (tertiary/aromatic N) is 1. The van der Waals surface area contributed by atoms with Crippen LogP contribution in [-0.4, -0.2) is 41.0 Å². The van der Waals surface area contributed by atoms with Crippen LogP contribution in [0.5, 0.6) is 11.5 Å². The Morgan fingerprint density at radius 2 is 1.72 bits per heavy atom. The summed E-state index contributed by atoms with van der Waals surface area (Å²) in [7, 11) is -1.09. The highest BCUT2D eigenvalue weighted by Crippen LogP contribution is 2.42. The molecule has 2 amide bonds. The number of methoxy groups -OCH3 is 2. The fraction of sp³-hybridized carbons (Fsp3) is 0.231. The minimum Gasteiger partial charge on any atom is -0.493 e. The van der Waals surface area contributed by atoms with Gasteiger partial charge in [-0.3, -0.25) is 9.59 Å². The number of para-hydroxylation sites is 1. The van der Waals surface area contributed by atoms with Crippen molar-refractivity contribution in [2.45, 2.75) is 23.1 Å². The van der Waals surface area contributed by atoms with Gasteiger partial charge in [0.05, 0.1) is 30.1 Å². The summed E-state index contributed by atoms with van der Waals surface area (Å²) in [5, 5.41) is 1.51. The van der Waals surface area contributed by atoms with Crippen molar-refractivity contribution < 1.29 is 31.9 Å². The molecule has 10 heteroatoms. The van der Waals surface area contributed by atoms with Crippen molar-refractivity contribution >= 4 is 27.3 Å². The highest BCUT2D eigenvalue weighted by atomic mass is 32.2. The van der Waals surface area contributed by atoms with Gasteiger partial charge >= 0.3 is 0 Å². The number of rotatable bonds is 7. The van der Waals surface area contributed by atoms with Crippen LogP contribution < -0.4 is 19.7 Å². The third-order valence-electron chi connectivity index (χ3n) is 5.98. The predicted molar refractivity (Wildman–Crippen MR) is 131 cm³/mol. The lowest BCUT2D eigenvalue weighted by Crippen LogP contribution is -2.40. The van der Waals surface area contributed by atoms with Crippen LogP contribution in [-0.2, 0) is 26.0 Å². The van der Waals surface area contributed by atoms with Gasteiger partial charge in [0.15, 0.2) is 21.3 Å². The Morgan fingerprint density at radius 3 is 2.42 bits per heavy atom. The SMILES string of the molecule is COc1ccc(C2CC(=O)N(CC(=O)NCc3ccc(F)cc3)c3ccccc3S2(=O)=O)cc1OC. The molecule has 8 nitrogen and oxygen atoms in total. The number of anilines is 1.